The molecule has 0 amide bonds. The summed E-state index contributed by atoms with van der Waals surface area (Å²) in [6.45, 7) is 2.41. The second-order valence-corrected chi connectivity index (χ2v) is 6.34. The number of likely N-dealkylation sites (tertiary alicyclic amines) is 1. The van der Waals surface area contributed by atoms with Gasteiger partial charge in [0.25, 0.3) is 0 Å². The van der Waals surface area contributed by atoms with Crippen LogP contribution in [0.4, 0.5) is 0 Å². The van der Waals surface area contributed by atoms with Crippen LogP contribution in [-0.2, 0) is 6.42 Å². The van der Waals surface area contributed by atoms with Gasteiger partial charge in [-0.2, -0.15) is 0 Å². The van der Waals surface area contributed by atoms with Gasteiger partial charge < -0.3 is 4.90 Å². The highest BCUT2D eigenvalue weighted by atomic mass is 15.1. The Morgan fingerprint density at radius 3 is 2.15 bits per heavy atom. The van der Waals surface area contributed by atoms with Gasteiger partial charge >= 0.3 is 0 Å². The summed E-state index contributed by atoms with van der Waals surface area (Å²) >= 11 is 0. The third kappa shape index (κ3) is 1.89. The molecular formula is C19H21N. The Labute approximate surface area is 121 Å². The average Bonchev–Trinajstić information content (AvgIpc) is 2.61. The van der Waals surface area contributed by atoms with Gasteiger partial charge in [0, 0.05) is 12.5 Å². The van der Waals surface area contributed by atoms with Crippen LogP contribution in [0.5, 0.6) is 0 Å². The molecule has 1 aliphatic carbocycles. The van der Waals surface area contributed by atoms with Crippen molar-refractivity contribution < 1.29 is 0 Å². The summed E-state index contributed by atoms with van der Waals surface area (Å²) < 4.78 is 0. The molecule has 102 valence electrons. The Kier molecular flexibility index (Phi) is 2.89. The first-order valence-corrected chi connectivity index (χ1v) is 7.67. The monoisotopic (exact) mass is 263 g/mol. The molecule has 1 heterocycles. The molecule has 2 aromatic carbocycles. The lowest BCUT2D eigenvalue weighted by Gasteiger charge is -2.37. The molecule has 2 atom stereocenters. The summed E-state index contributed by atoms with van der Waals surface area (Å²) in [6.07, 6.45) is 2.38. The average molecular weight is 263 g/mol. The van der Waals surface area contributed by atoms with Gasteiger partial charge in [0.05, 0.1) is 0 Å². The van der Waals surface area contributed by atoms with E-state index in [1.54, 1.807) is 11.1 Å². The Balaban J connectivity index is 1.90. The summed E-state index contributed by atoms with van der Waals surface area (Å²) in [5, 5.41) is 0. The molecule has 0 bridgehead atoms. The fraction of sp³-hybridized carbons (Fsp3) is 0.368. The molecule has 0 spiro atoms. The zero-order valence-electron chi connectivity index (χ0n) is 12.0. The van der Waals surface area contributed by atoms with Crippen LogP contribution in [0.3, 0.4) is 0 Å². The van der Waals surface area contributed by atoms with Crippen LogP contribution in [0.15, 0.2) is 48.5 Å². The molecule has 0 N–H and O–H groups in total. The minimum absolute atomic E-state index is 0.661. The highest BCUT2D eigenvalue weighted by Gasteiger charge is 2.34. The first-order chi connectivity index (χ1) is 9.83. The molecular weight excluding hydrogens is 242 g/mol. The zero-order chi connectivity index (χ0) is 13.5. The maximum atomic E-state index is 2.49. The van der Waals surface area contributed by atoms with Gasteiger partial charge in [-0.05, 0) is 54.6 Å². The molecule has 1 saturated heterocycles. The maximum Gasteiger partial charge on any atom is 0.00532 e. The van der Waals surface area contributed by atoms with Crippen molar-refractivity contribution >= 4 is 0 Å². The summed E-state index contributed by atoms with van der Waals surface area (Å²) in [5.41, 5.74) is 6.25. The van der Waals surface area contributed by atoms with Crippen LogP contribution in [-0.4, -0.2) is 25.0 Å². The van der Waals surface area contributed by atoms with Crippen molar-refractivity contribution in [1.29, 1.82) is 0 Å². The van der Waals surface area contributed by atoms with E-state index in [1.807, 2.05) is 0 Å². The highest BCUT2D eigenvalue weighted by Crippen LogP contribution is 2.44. The van der Waals surface area contributed by atoms with Crippen LogP contribution in [0.2, 0.25) is 0 Å². The molecule has 0 radical (unpaired) electrons. The molecule has 20 heavy (non-hydrogen) atoms. The van der Waals surface area contributed by atoms with E-state index in [-0.39, 0.29) is 0 Å². The Morgan fingerprint density at radius 2 is 1.45 bits per heavy atom. The zero-order valence-corrected chi connectivity index (χ0v) is 12.0. The lowest BCUT2D eigenvalue weighted by Crippen LogP contribution is -2.35. The summed E-state index contributed by atoms with van der Waals surface area (Å²) in [7, 11) is 2.26. The van der Waals surface area contributed by atoms with E-state index < -0.39 is 0 Å². The van der Waals surface area contributed by atoms with E-state index in [0.717, 1.165) is 6.42 Å². The van der Waals surface area contributed by atoms with Crippen LogP contribution >= 0.6 is 0 Å². The molecule has 0 saturated carbocycles. The molecule has 2 unspecified atom stereocenters. The van der Waals surface area contributed by atoms with Crippen LogP contribution in [0.1, 0.15) is 40.5 Å². The van der Waals surface area contributed by atoms with E-state index in [1.165, 1.54) is 30.6 Å². The van der Waals surface area contributed by atoms with Crippen molar-refractivity contribution in [2.45, 2.75) is 24.7 Å². The van der Waals surface area contributed by atoms with Gasteiger partial charge in [0.1, 0.15) is 0 Å². The minimum Gasteiger partial charge on any atom is -0.306 e. The first-order valence-electron chi connectivity index (χ1n) is 7.67. The molecule has 1 fully saturated rings. The number of rotatable bonds is 0. The Bertz CT molecular complexity index is 631. The maximum absolute atomic E-state index is 2.49. The van der Waals surface area contributed by atoms with Gasteiger partial charge in [-0.3, -0.25) is 0 Å². The molecule has 2 aliphatic rings. The first kappa shape index (κ1) is 12.2. The predicted octanol–water partition coefficient (Wildman–Crippen LogP) is 3.79. The third-order valence-corrected chi connectivity index (χ3v) is 5.11. The third-order valence-electron chi connectivity index (χ3n) is 5.11. The van der Waals surface area contributed by atoms with Gasteiger partial charge in [0.2, 0.25) is 0 Å². The smallest absolute Gasteiger partial charge is 0.00532 e. The van der Waals surface area contributed by atoms with Crippen molar-refractivity contribution in [3.8, 4) is 0 Å². The van der Waals surface area contributed by atoms with E-state index in [4.69, 9.17) is 0 Å². The number of fused-ring (bicyclic) bond motifs is 5. The predicted molar refractivity (Wildman–Crippen MR) is 83.3 cm³/mol. The Morgan fingerprint density at radius 1 is 0.850 bits per heavy atom. The van der Waals surface area contributed by atoms with Gasteiger partial charge in [0.15, 0.2) is 0 Å². The van der Waals surface area contributed by atoms with Crippen molar-refractivity contribution in [2.75, 3.05) is 20.1 Å². The van der Waals surface area contributed by atoms with Gasteiger partial charge in [-0.25, -0.2) is 0 Å². The topological polar surface area (TPSA) is 3.24 Å². The number of likely N-dealkylation sites (N-methyl/N-ethyl adjacent to an activating group) is 1. The van der Waals surface area contributed by atoms with Crippen molar-refractivity contribution in [1.82, 2.24) is 4.90 Å². The standard InChI is InChI=1S/C19H21N/c1-20-11-10-18-16-8-4-2-6-14(16)12-15-7-3-5-9-17(15)19(18)13-20/h2-9,18-19H,10-13H2,1H3. The van der Waals surface area contributed by atoms with Crippen LogP contribution in [0.25, 0.3) is 0 Å². The molecule has 0 aromatic heterocycles. The Hall–Kier alpha value is -1.60. The SMILES string of the molecule is CN1CCC2c3ccccc3Cc3ccccc3C2C1. The second-order valence-electron chi connectivity index (χ2n) is 6.34. The molecule has 2 aromatic rings. The number of benzene rings is 2. The van der Waals surface area contributed by atoms with E-state index in [0.29, 0.717) is 11.8 Å². The van der Waals surface area contributed by atoms with Crippen molar-refractivity contribution in [3.05, 3.63) is 70.8 Å². The summed E-state index contributed by atoms with van der Waals surface area (Å²) in [5.74, 6) is 1.36. The van der Waals surface area contributed by atoms with Crippen LogP contribution in [0, 0.1) is 0 Å². The lowest BCUT2D eigenvalue weighted by molar-refractivity contribution is 0.227. The molecule has 4 rings (SSSR count). The minimum atomic E-state index is 0.661. The quantitative estimate of drug-likeness (QED) is 0.699. The summed E-state index contributed by atoms with van der Waals surface area (Å²) in [6, 6.07) is 18.2. The summed E-state index contributed by atoms with van der Waals surface area (Å²) in [4.78, 5) is 2.49. The van der Waals surface area contributed by atoms with Gasteiger partial charge in [-0.1, -0.05) is 48.5 Å². The number of hydrogen-bond donors (Lipinski definition) is 0. The van der Waals surface area contributed by atoms with Gasteiger partial charge in [-0.15, -0.1) is 0 Å². The fourth-order valence-corrected chi connectivity index (χ4v) is 4.12. The van der Waals surface area contributed by atoms with Crippen molar-refractivity contribution in [3.63, 3.8) is 0 Å². The van der Waals surface area contributed by atoms with Crippen LogP contribution < -0.4 is 0 Å². The molecule has 1 aliphatic heterocycles. The number of piperidine rings is 1. The number of nitrogens with zero attached hydrogens (tertiary/aromatic N) is 1. The number of hydrogen-bond acceptors (Lipinski definition) is 1. The van der Waals surface area contributed by atoms with E-state index in [2.05, 4.69) is 60.5 Å². The lowest BCUT2D eigenvalue weighted by atomic mass is 9.77. The van der Waals surface area contributed by atoms with Crippen molar-refractivity contribution in [2.24, 2.45) is 0 Å². The highest BCUT2D eigenvalue weighted by molar-refractivity contribution is 5.45. The normalized spacial score (nSPS) is 25.2. The molecule has 1 heteroatoms. The van der Waals surface area contributed by atoms with E-state index in [9.17, 15) is 0 Å². The second kappa shape index (κ2) is 4.75. The largest absolute Gasteiger partial charge is 0.306 e. The molecule has 1 nitrogen and oxygen atoms in total. The fourth-order valence-electron chi connectivity index (χ4n) is 4.12. The van der Waals surface area contributed by atoms with E-state index >= 15 is 0 Å².